The third kappa shape index (κ3) is 8.97. The molecule has 13 nitrogen and oxygen atoms in total. The van der Waals surface area contributed by atoms with Crippen molar-refractivity contribution in [1.82, 2.24) is 34.5 Å². The van der Waals surface area contributed by atoms with Crippen LogP contribution in [0.1, 0.15) is 67.5 Å². The average molecular weight is 809 g/mol. The first-order valence-electron chi connectivity index (χ1n) is 19.8. The second-order valence-electron chi connectivity index (χ2n) is 15.2. The molecule has 3 aromatic heterocycles. The molecule has 1 atom stereocenters. The second kappa shape index (κ2) is 18.4. The van der Waals surface area contributed by atoms with E-state index in [4.69, 9.17) is 29.5 Å². The zero-order chi connectivity index (χ0) is 41.6. The zero-order valence-electron chi connectivity index (χ0n) is 33.7. The van der Waals surface area contributed by atoms with Gasteiger partial charge in [-0.15, -0.1) is 0 Å². The Balaban J connectivity index is 0.00000171. The number of hydrogen-bond acceptors (Lipinski definition) is 11. The van der Waals surface area contributed by atoms with Crippen LogP contribution in [0.2, 0.25) is 0 Å². The van der Waals surface area contributed by atoms with Crippen molar-refractivity contribution in [2.45, 2.75) is 77.1 Å². The SMILES string of the molecule is COc1cc(-n2ncc3c(-c4cccc(Nc5nc(C(F)F)nc6cc(CN(C)C7CCCCC7)cnc56)c4C)cccc32)cc(OC)c1CN1CCC(O)C1.O=CO. The molecule has 1 aliphatic carbocycles. The number of aliphatic hydroxyl groups is 1. The number of nitrogens with zero attached hydrogens (tertiary/aromatic N) is 7. The Labute approximate surface area is 341 Å². The third-order valence-corrected chi connectivity index (χ3v) is 11.4. The molecule has 59 heavy (non-hydrogen) atoms. The summed E-state index contributed by atoms with van der Waals surface area (Å²) < 4.78 is 42.0. The largest absolute Gasteiger partial charge is 0.496 e. The van der Waals surface area contributed by atoms with Crippen molar-refractivity contribution in [2.75, 3.05) is 39.7 Å². The second-order valence-corrected chi connectivity index (χ2v) is 15.2. The molecule has 2 fully saturated rings. The molecule has 0 amide bonds. The van der Waals surface area contributed by atoms with Crippen LogP contribution in [-0.4, -0.2) is 97.7 Å². The number of ether oxygens (including phenoxy) is 2. The van der Waals surface area contributed by atoms with Crippen LogP contribution in [0.25, 0.3) is 38.8 Å². The van der Waals surface area contributed by atoms with Gasteiger partial charge in [0.1, 0.15) is 17.0 Å². The molecule has 6 aromatic rings. The fourth-order valence-electron chi connectivity index (χ4n) is 8.40. The van der Waals surface area contributed by atoms with Crippen LogP contribution < -0.4 is 14.8 Å². The Morgan fingerprint density at radius 2 is 1.69 bits per heavy atom. The molecule has 0 radical (unpaired) electrons. The van der Waals surface area contributed by atoms with E-state index in [-0.39, 0.29) is 18.4 Å². The molecule has 1 unspecified atom stereocenters. The normalized spacial score (nSPS) is 16.1. The van der Waals surface area contributed by atoms with Crippen molar-refractivity contribution in [2.24, 2.45) is 0 Å². The van der Waals surface area contributed by atoms with E-state index >= 15 is 0 Å². The van der Waals surface area contributed by atoms with Crippen molar-refractivity contribution in [3.05, 3.63) is 89.5 Å². The molecule has 1 saturated carbocycles. The Morgan fingerprint density at radius 3 is 2.37 bits per heavy atom. The number of methoxy groups -OCH3 is 2. The van der Waals surface area contributed by atoms with Crippen molar-refractivity contribution in [3.63, 3.8) is 0 Å². The number of pyridine rings is 1. The Morgan fingerprint density at radius 1 is 0.983 bits per heavy atom. The zero-order valence-corrected chi connectivity index (χ0v) is 33.7. The summed E-state index contributed by atoms with van der Waals surface area (Å²) in [5.74, 6) is 1.05. The summed E-state index contributed by atoms with van der Waals surface area (Å²) in [6.45, 7) is 4.43. The molecular formula is C44H50F2N8O5. The molecule has 8 rings (SSSR count). The van der Waals surface area contributed by atoms with Gasteiger partial charge in [0, 0.05) is 61.6 Å². The summed E-state index contributed by atoms with van der Waals surface area (Å²) in [7, 11) is 5.41. The lowest BCUT2D eigenvalue weighted by Crippen LogP contribution is -2.32. The van der Waals surface area contributed by atoms with Crippen molar-refractivity contribution in [3.8, 4) is 28.3 Å². The smallest absolute Gasteiger partial charge is 0.297 e. The molecule has 0 bridgehead atoms. The Hall–Kier alpha value is -5.77. The monoisotopic (exact) mass is 808 g/mol. The summed E-state index contributed by atoms with van der Waals surface area (Å²) in [4.78, 5) is 26.1. The molecule has 0 spiro atoms. The van der Waals surface area contributed by atoms with Crippen LogP contribution in [0, 0.1) is 6.92 Å². The number of anilines is 2. The van der Waals surface area contributed by atoms with Gasteiger partial charge < -0.3 is 25.0 Å². The minimum atomic E-state index is -2.84. The minimum absolute atomic E-state index is 0.232. The number of hydrogen-bond donors (Lipinski definition) is 3. The van der Waals surface area contributed by atoms with E-state index in [0.29, 0.717) is 53.9 Å². The number of aliphatic hydroxyl groups excluding tert-OH is 1. The van der Waals surface area contributed by atoms with Gasteiger partial charge in [-0.25, -0.2) is 23.4 Å². The molecule has 310 valence electrons. The number of β-amino-alcohol motifs (C(OH)–C–C–N with tert-alkyl or cyclic N) is 1. The van der Waals surface area contributed by atoms with E-state index < -0.39 is 12.2 Å². The maximum atomic E-state index is 14.2. The van der Waals surface area contributed by atoms with Crippen molar-refractivity contribution in [1.29, 1.82) is 0 Å². The molecule has 3 aromatic carbocycles. The number of nitrogens with one attached hydrogen (secondary N) is 1. The predicted molar refractivity (Wildman–Crippen MR) is 223 cm³/mol. The fraction of sp³-hybridized carbons (Fsp3) is 0.386. The van der Waals surface area contributed by atoms with Gasteiger partial charge >= 0.3 is 0 Å². The number of benzene rings is 3. The van der Waals surface area contributed by atoms with Crippen LogP contribution in [0.3, 0.4) is 0 Å². The van der Waals surface area contributed by atoms with Gasteiger partial charge in [0.2, 0.25) is 0 Å². The highest BCUT2D eigenvalue weighted by Gasteiger charge is 2.25. The summed E-state index contributed by atoms with van der Waals surface area (Å²) in [6, 6.07) is 18.3. The summed E-state index contributed by atoms with van der Waals surface area (Å²) in [5, 5.41) is 26.1. The van der Waals surface area contributed by atoms with Gasteiger partial charge in [0.25, 0.3) is 12.9 Å². The van der Waals surface area contributed by atoms with Gasteiger partial charge in [-0.2, -0.15) is 5.10 Å². The number of halogens is 2. The first kappa shape index (κ1) is 41.4. The molecule has 1 saturated heterocycles. The first-order chi connectivity index (χ1) is 28.6. The van der Waals surface area contributed by atoms with Gasteiger partial charge in [-0.3, -0.25) is 19.6 Å². The quantitative estimate of drug-likeness (QED) is 0.103. The van der Waals surface area contributed by atoms with E-state index in [1.54, 1.807) is 20.4 Å². The number of rotatable bonds is 12. The van der Waals surface area contributed by atoms with E-state index in [1.807, 2.05) is 66.3 Å². The molecular weight excluding hydrogens is 759 g/mol. The van der Waals surface area contributed by atoms with Crippen LogP contribution in [-0.2, 0) is 17.9 Å². The first-order valence-corrected chi connectivity index (χ1v) is 19.8. The van der Waals surface area contributed by atoms with Crippen LogP contribution in [0.4, 0.5) is 20.3 Å². The van der Waals surface area contributed by atoms with E-state index in [9.17, 15) is 13.9 Å². The van der Waals surface area contributed by atoms with Gasteiger partial charge in [-0.1, -0.05) is 43.5 Å². The Kier molecular flexibility index (Phi) is 12.9. The number of fused-ring (bicyclic) bond motifs is 2. The van der Waals surface area contributed by atoms with Gasteiger partial charge in [-0.05, 0) is 73.7 Å². The topological polar surface area (TPSA) is 151 Å². The molecule has 15 heteroatoms. The number of carbonyl (C=O) groups is 1. The summed E-state index contributed by atoms with van der Waals surface area (Å²) >= 11 is 0. The van der Waals surface area contributed by atoms with Crippen LogP contribution in [0.15, 0.2) is 67.0 Å². The van der Waals surface area contributed by atoms with Crippen LogP contribution >= 0.6 is 0 Å². The molecule has 2 aliphatic rings. The number of aromatic nitrogens is 5. The van der Waals surface area contributed by atoms with Gasteiger partial charge in [0.15, 0.2) is 11.6 Å². The van der Waals surface area contributed by atoms with E-state index in [2.05, 4.69) is 38.2 Å². The highest BCUT2D eigenvalue weighted by atomic mass is 19.3. The maximum absolute atomic E-state index is 14.2. The van der Waals surface area contributed by atoms with Crippen LogP contribution in [0.5, 0.6) is 11.5 Å². The highest BCUT2D eigenvalue weighted by Crippen LogP contribution is 2.39. The van der Waals surface area contributed by atoms with E-state index in [1.165, 1.54) is 32.1 Å². The average Bonchev–Trinajstić information content (AvgIpc) is 3.88. The number of carboxylic acid groups (broad SMARTS) is 1. The van der Waals surface area contributed by atoms with Crippen molar-refractivity contribution < 1.29 is 33.3 Å². The lowest BCUT2D eigenvalue weighted by atomic mass is 9.94. The lowest BCUT2D eigenvalue weighted by molar-refractivity contribution is -0.122. The molecule has 4 heterocycles. The number of likely N-dealkylation sites (tertiary alicyclic amines) is 1. The Bertz CT molecular complexity index is 2400. The van der Waals surface area contributed by atoms with E-state index in [0.717, 1.165) is 57.4 Å². The fourth-order valence-corrected chi connectivity index (χ4v) is 8.40. The predicted octanol–water partition coefficient (Wildman–Crippen LogP) is 8.07. The van der Waals surface area contributed by atoms with Crippen molar-refractivity contribution >= 4 is 39.9 Å². The molecule has 1 aliphatic heterocycles. The lowest BCUT2D eigenvalue weighted by Gasteiger charge is -2.31. The minimum Gasteiger partial charge on any atom is -0.496 e. The maximum Gasteiger partial charge on any atom is 0.297 e. The van der Waals surface area contributed by atoms with Gasteiger partial charge in [0.05, 0.1) is 48.8 Å². The third-order valence-electron chi connectivity index (χ3n) is 11.4. The number of alkyl halides is 2. The highest BCUT2D eigenvalue weighted by molar-refractivity contribution is 5.97. The standard InChI is InChI=1S/C43H48F2N8O3.CH2O2/c1-26-31(32-13-9-15-37-33(32)22-47-53(37)29-19-38(55-3)34(39(20-29)56-4)25-52-17-16-30(54)24-52)12-8-14-35(26)48-42-40-36(49-43(50-42)41(44)45)18-27(21-46-40)23-51(2)28-10-6-5-7-11-28;2-1-3/h8-9,12-15,18-22,28,30,41,54H,5-7,10-11,16-17,23-25H2,1-4H3,(H,48,49,50);1H,(H,2,3). The summed E-state index contributed by atoms with van der Waals surface area (Å²) in [5.41, 5.74) is 7.86. The summed E-state index contributed by atoms with van der Waals surface area (Å²) in [6.07, 6.45) is 7.32. The molecule has 3 N–H and O–H groups in total.